The number of aryl methyl sites for hydroxylation is 1. The van der Waals surface area contributed by atoms with Crippen molar-refractivity contribution in [1.29, 1.82) is 0 Å². The van der Waals surface area contributed by atoms with Crippen LogP contribution in [0.25, 0.3) is 0 Å². The summed E-state index contributed by atoms with van der Waals surface area (Å²) >= 11 is 0. The third kappa shape index (κ3) is 4.36. The van der Waals surface area contributed by atoms with Crippen LogP contribution in [0.4, 0.5) is 0 Å². The van der Waals surface area contributed by atoms with E-state index < -0.39 is 12.1 Å². The Labute approximate surface area is 112 Å². The van der Waals surface area contributed by atoms with Crippen LogP contribution in [0.5, 0.6) is 0 Å². The molecule has 2 N–H and O–H groups in total. The molecule has 106 valence electrons. The van der Waals surface area contributed by atoms with E-state index in [-0.39, 0.29) is 6.10 Å². The lowest BCUT2D eigenvalue weighted by atomic mass is 10.1. The molecule has 0 spiro atoms. The van der Waals surface area contributed by atoms with Crippen molar-refractivity contribution in [2.45, 2.75) is 50.9 Å². The van der Waals surface area contributed by atoms with E-state index in [4.69, 9.17) is 14.3 Å². The summed E-state index contributed by atoms with van der Waals surface area (Å²) in [6.45, 7) is 2.83. The average molecular weight is 267 g/mol. The summed E-state index contributed by atoms with van der Waals surface area (Å²) in [6, 6.07) is 4.23. The molecule has 0 aliphatic carbocycles. The Hall–Kier alpha value is -1.33. The number of rotatable bonds is 7. The summed E-state index contributed by atoms with van der Waals surface area (Å²) in [6.07, 6.45) is 4.41. The molecule has 5 nitrogen and oxygen atoms in total. The summed E-state index contributed by atoms with van der Waals surface area (Å²) in [5.41, 5.74) is 0. The van der Waals surface area contributed by atoms with E-state index in [0.29, 0.717) is 19.0 Å². The molecule has 2 heterocycles. The van der Waals surface area contributed by atoms with Crippen LogP contribution in [0.2, 0.25) is 0 Å². The lowest BCUT2D eigenvalue weighted by Crippen LogP contribution is -2.34. The summed E-state index contributed by atoms with van der Waals surface area (Å²) < 4.78 is 10.7. The Morgan fingerprint density at radius 2 is 2.42 bits per heavy atom. The Morgan fingerprint density at radius 1 is 1.58 bits per heavy atom. The monoisotopic (exact) mass is 267 g/mol. The predicted molar refractivity (Wildman–Crippen MR) is 70.0 cm³/mol. The highest BCUT2D eigenvalue weighted by atomic mass is 16.5. The molecule has 3 unspecified atom stereocenters. The largest absolute Gasteiger partial charge is 0.479 e. The molecule has 1 fully saturated rings. The van der Waals surface area contributed by atoms with Gasteiger partial charge in [-0.1, -0.05) is 0 Å². The SMILES string of the molecule is CC(CCc1ccco1)NCC1CCC(C(=O)O)O1. The summed E-state index contributed by atoms with van der Waals surface area (Å²) in [5, 5.41) is 12.2. The smallest absolute Gasteiger partial charge is 0.332 e. The summed E-state index contributed by atoms with van der Waals surface area (Å²) in [5.74, 6) is 0.144. The molecule has 1 aliphatic heterocycles. The quantitative estimate of drug-likeness (QED) is 0.788. The molecular weight excluding hydrogens is 246 g/mol. The first-order chi connectivity index (χ1) is 9.15. The lowest BCUT2D eigenvalue weighted by molar-refractivity contribution is -0.149. The Bertz CT molecular complexity index is 390. The van der Waals surface area contributed by atoms with Gasteiger partial charge in [0.25, 0.3) is 0 Å². The van der Waals surface area contributed by atoms with Gasteiger partial charge in [-0.3, -0.25) is 0 Å². The Morgan fingerprint density at radius 3 is 3.05 bits per heavy atom. The highest BCUT2D eigenvalue weighted by Gasteiger charge is 2.30. The minimum atomic E-state index is -0.853. The van der Waals surface area contributed by atoms with Crippen molar-refractivity contribution in [3.8, 4) is 0 Å². The molecule has 1 aromatic heterocycles. The fraction of sp³-hybridized carbons (Fsp3) is 0.643. The van der Waals surface area contributed by atoms with E-state index in [1.54, 1.807) is 6.26 Å². The van der Waals surface area contributed by atoms with Crippen molar-refractivity contribution >= 4 is 5.97 Å². The minimum absolute atomic E-state index is 0.0205. The van der Waals surface area contributed by atoms with Crippen LogP contribution in [0, 0.1) is 0 Å². The number of nitrogens with one attached hydrogen (secondary N) is 1. The number of carboxylic acid groups (broad SMARTS) is 1. The molecule has 5 heteroatoms. The maximum absolute atomic E-state index is 10.8. The fourth-order valence-corrected chi connectivity index (χ4v) is 2.29. The van der Waals surface area contributed by atoms with E-state index in [9.17, 15) is 4.79 Å². The molecular formula is C14H21NO4. The number of carboxylic acids is 1. The second-order valence-corrected chi connectivity index (χ2v) is 5.09. The van der Waals surface area contributed by atoms with Gasteiger partial charge in [-0.2, -0.15) is 0 Å². The van der Waals surface area contributed by atoms with Gasteiger partial charge in [0.2, 0.25) is 0 Å². The molecule has 0 radical (unpaired) electrons. The van der Waals surface area contributed by atoms with Gasteiger partial charge in [-0.05, 0) is 38.3 Å². The zero-order chi connectivity index (χ0) is 13.7. The van der Waals surface area contributed by atoms with Gasteiger partial charge in [0.1, 0.15) is 5.76 Å². The van der Waals surface area contributed by atoms with E-state index in [2.05, 4.69) is 12.2 Å². The molecule has 1 saturated heterocycles. The van der Waals surface area contributed by atoms with Crippen LogP contribution in [-0.4, -0.2) is 35.9 Å². The maximum Gasteiger partial charge on any atom is 0.332 e. The number of hydrogen-bond acceptors (Lipinski definition) is 4. The zero-order valence-electron chi connectivity index (χ0n) is 11.2. The number of hydrogen-bond donors (Lipinski definition) is 2. The number of aliphatic carboxylic acids is 1. The van der Waals surface area contributed by atoms with Crippen molar-refractivity contribution in [2.24, 2.45) is 0 Å². The molecule has 1 aliphatic rings. The maximum atomic E-state index is 10.8. The van der Waals surface area contributed by atoms with Crippen molar-refractivity contribution in [2.75, 3.05) is 6.54 Å². The van der Waals surface area contributed by atoms with Crippen LogP contribution in [0.1, 0.15) is 31.9 Å². The van der Waals surface area contributed by atoms with Gasteiger partial charge in [0.15, 0.2) is 6.10 Å². The van der Waals surface area contributed by atoms with Gasteiger partial charge in [0, 0.05) is 19.0 Å². The van der Waals surface area contributed by atoms with Crippen molar-refractivity contribution in [3.05, 3.63) is 24.2 Å². The summed E-state index contributed by atoms with van der Waals surface area (Å²) in [7, 11) is 0. The first kappa shape index (κ1) is 14.1. The van der Waals surface area contributed by atoms with Gasteiger partial charge >= 0.3 is 5.97 Å². The number of furan rings is 1. The fourth-order valence-electron chi connectivity index (χ4n) is 2.29. The molecule has 1 aromatic rings. The molecule has 0 bridgehead atoms. The number of carbonyl (C=O) groups is 1. The minimum Gasteiger partial charge on any atom is -0.479 e. The third-order valence-electron chi connectivity index (χ3n) is 3.48. The molecule has 2 rings (SSSR count). The van der Waals surface area contributed by atoms with Gasteiger partial charge in [-0.15, -0.1) is 0 Å². The molecule has 0 aromatic carbocycles. The van der Waals surface area contributed by atoms with E-state index in [1.165, 1.54) is 0 Å². The van der Waals surface area contributed by atoms with Crippen molar-refractivity contribution in [3.63, 3.8) is 0 Å². The topological polar surface area (TPSA) is 71.7 Å². The van der Waals surface area contributed by atoms with Crippen molar-refractivity contribution < 1.29 is 19.1 Å². The van der Waals surface area contributed by atoms with Crippen LogP contribution in [0.15, 0.2) is 22.8 Å². The molecule has 0 saturated carbocycles. The van der Waals surface area contributed by atoms with Gasteiger partial charge in [-0.25, -0.2) is 4.79 Å². The van der Waals surface area contributed by atoms with Gasteiger partial charge in [0.05, 0.1) is 12.4 Å². The third-order valence-corrected chi connectivity index (χ3v) is 3.48. The summed E-state index contributed by atoms with van der Waals surface area (Å²) in [4.78, 5) is 10.8. The van der Waals surface area contributed by atoms with Crippen molar-refractivity contribution in [1.82, 2.24) is 5.32 Å². The molecule has 19 heavy (non-hydrogen) atoms. The highest BCUT2D eigenvalue weighted by molar-refractivity contribution is 5.72. The standard InChI is InChI=1S/C14H21NO4/c1-10(4-5-11-3-2-8-18-11)15-9-12-6-7-13(19-12)14(16)17/h2-3,8,10,12-13,15H,4-7,9H2,1H3,(H,16,17). The van der Waals surface area contributed by atoms with E-state index >= 15 is 0 Å². The predicted octanol–water partition coefficient (Wildman–Crippen LogP) is 1.82. The lowest BCUT2D eigenvalue weighted by Gasteiger charge is -2.17. The van der Waals surface area contributed by atoms with Crippen LogP contribution < -0.4 is 5.32 Å². The molecule has 0 amide bonds. The first-order valence-corrected chi connectivity index (χ1v) is 6.79. The Kier molecular flexibility index (Phi) is 4.99. The van der Waals surface area contributed by atoms with Crippen LogP contribution >= 0.6 is 0 Å². The second-order valence-electron chi connectivity index (χ2n) is 5.09. The average Bonchev–Trinajstić information content (AvgIpc) is 3.05. The normalized spacial score (nSPS) is 24.5. The van der Waals surface area contributed by atoms with Crippen LogP contribution in [0.3, 0.4) is 0 Å². The van der Waals surface area contributed by atoms with Crippen LogP contribution in [-0.2, 0) is 16.0 Å². The number of ether oxygens (including phenoxy) is 1. The van der Waals surface area contributed by atoms with Gasteiger partial charge < -0.3 is 19.6 Å². The Balaban J connectivity index is 1.61. The van der Waals surface area contributed by atoms with E-state index in [0.717, 1.165) is 25.0 Å². The highest BCUT2D eigenvalue weighted by Crippen LogP contribution is 2.19. The first-order valence-electron chi connectivity index (χ1n) is 6.79. The second kappa shape index (κ2) is 6.73. The van der Waals surface area contributed by atoms with E-state index in [1.807, 2.05) is 12.1 Å². The zero-order valence-corrected chi connectivity index (χ0v) is 11.2. The molecule has 3 atom stereocenters.